The van der Waals surface area contributed by atoms with Crippen molar-refractivity contribution in [3.63, 3.8) is 0 Å². The fraction of sp³-hybridized carbons (Fsp3) is 0.500. The van der Waals surface area contributed by atoms with Crippen LogP contribution in [0.1, 0.15) is 24.8 Å². The molecule has 1 fully saturated rings. The molecule has 0 atom stereocenters. The lowest BCUT2D eigenvalue weighted by Gasteiger charge is -2.08. The molecule has 1 saturated carbocycles. The van der Waals surface area contributed by atoms with Gasteiger partial charge >= 0.3 is 0 Å². The Balaban J connectivity index is 1.80. The van der Waals surface area contributed by atoms with E-state index in [1.807, 2.05) is 6.07 Å². The first-order chi connectivity index (χ1) is 9.70. The van der Waals surface area contributed by atoms with Crippen molar-refractivity contribution in [2.24, 2.45) is 5.92 Å². The summed E-state index contributed by atoms with van der Waals surface area (Å²) >= 11 is 0. The number of hydrogen-bond acceptors (Lipinski definition) is 5. The third kappa shape index (κ3) is 4.21. The molecule has 20 heavy (non-hydrogen) atoms. The highest BCUT2D eigenvalue weighted by Crippen LogP contribution is 2.28. The van der Waals surface area contributed by atoms with Gasteiger partial charge in [-0.2, -0.15) is 5.26 Å². The Kier molecular flexibility index (Phi) is 4.91. The van der Waals surface area contributed by atoms with Crippen LogP contribution in [0.25, 0.3) is 0 Å². The lowest BCUT2D eigenvalue weighted by molar-refractivity contribution is -0.384. The van der Waals surface area contributed by atoms with Gasteiger partial charge in [-0.1, -0.05) is 0 Å². The van der Waals surface area contributed by atoms with Crippen molar-refractivity contribution in [1.82, 2.24) is 0 Å². The van der Waals surface area contributed by atoms with E-state index < -0.39 is 4.92 Å². The van der Waals surface area contributed by atoms with Crippen molar-refractivity contribution < 1.29 is 9.66 Å². The molecule has 0 saturated heterocycles. The monoisotopic (exact) mass is 275 g/mol. The van der Waals surface area contributed by atoms with Crippen LogP contribution < -0.4 is 5.32 Å². The molecule has 1 aliphatic rings. The van der Waals surface area contributed by atoms with Crippen LogP contribution in [0.3, 0.4) is 0 Å². The lowest BCUT2D eigenvalue weighted by atomic mass is 10.2. The highest BCUT2D eigenvalue weighted by atomic mass is 16.6. The van der Waals surface area contributed by atoms with Crippen molar-refractivity contribution in [2.75, 3.05) is 25.1 Å². The quantitative estimate of drug-likeness (QED) is 0.447. The number of hydrogen-bond donors (Lipinski definition) is 1. The van der Waals surface area contributed by atoms with Gasteiger partial charge in [-0.05, 0) is 37.3 Å². The zero-order chi connectivity index (χ0) is 14.4. The van der Waals surface area contributed by atoms with E-state index >= 15 is 0 Å². The summed E-state index contributed by atoms with van der Waals surface area (Å²) in [6, 6.07) is 6.28. The van der Waals surface area contributed by atoms with Gasteiger partial charge in [0.2, 0.25) is 0 Å². The second-order valence-electron chi connectivity index (χ2n) is 4.90. The Bertz CT molecular complexity index is 521. The first-order valence-corrected chi connectivity index (χ1v) is 6.71. The zero-order valence-electron chi connectivity index (χ0n) is 11.2. The molecule has 0 spiro atoms. The molecule has 1 N–H and O–H groups in total. The molecule has 0 aromatic heterocycles. The number of nitrogens with one attached hydrogen (secondary N) is 1. The Hall–Kier alpha value is -2.13. The maximum absolute atomic E-state index is 10.9. The summed E-state index contributed by atoms with van der Waals surface area (Å²) in [6.07, 6.45) is 3.32. The minimum atomic E-state index is -0.451. The fourth-order valence-electron chi connectivity index (χ4n) is 1.84. The molecule has 0 radical (unpaired) electrons. The van der Waals surface area contributed by atoms with Crippen molar-refractivity contribution in [1.29, 1.82) is 5.26 Å². The van der Waals surface area contributed by atoms with Gasteiger partial charge in [-0.25, -0.2) is 0 Å². The van der Waals surface area contributed by atoms with Crippen LogP contribution in [0.2, 0.25) is 0 Å². The van der Waals surface area contributed by atoms with Crippen LogP contribution in [-0.2, 0) is 4.74 Å². The topological polar surface area (TPSA) is 88.2 Å². The minimum Gasteiger partial charge on any atom is -0.381 e. The largest absolute Gasteiger partial charge is 0.381 e. The Morgan fingerprint density at radius 3 is 2.95 bits per heavy atom. The number of nitro groups is 1. The van der Waals surface area contributed by atoms with Crippen LogP contribution in [0.4, 0.5) is 11.4 Å². The SMILES string of the molecule is N#Cc1ccc([N+](=O)[O-])c(NCCCOCC2CC2)c1. The first-order valence-electron chi connectivity index (χ1n) is 6.71. The molecule has 0 amide bonds. The summed E-state index contributed by atoms with van der Waals surface area (Å²) in [7, 11) is 0. The van der Waals surface area contributed by atoms with Gasteiger partial charge in [0.1, 0.15) is 5.69 Å². The number of benzene rings is 1. The van der Waals surface area contributed by atoms with Crippen molar-refractivity contribution >= 4 is 11.4 Å². The predicted molar refractivity (Wildman–Crippen MR) is 74.5 cm³/mol. The summed E-state index contributed by atoms with van der Waals surface area (Å²) in [4.78, 5) is 10.4. The lowest BCUT2D eigenvalue weighted by Crippen LogP contribution is -2.08. The van der Waals surface area contributed by atoms with Gasteiger partial charge in [0, 0.05) is 25.8 Å². The Morgan fingerprint density at radius 2 is 2.30 bits per heavy atom. The Labute approximate surface area is 117 Å². The second kappa shape index (κ2) is 6.87. The number of ether oxygens (including phenoxy) is 1. The number of nitro benzene ring substituents is 1. The molecule has 1 aromatic rings. The Morgan fingerprint density at radius 1 is 1.50 bits per heavy atom. The summed E-state index contributed by atoms with van der Waals surface area (Å²) in [5.41, 5.74) is 0.780. The zero-order valence-corrected chi connectivity index (χ0v) is 11.2. The molecule has 0 heterocycles. The van der Waals surface area contributed by atoms with Gasteiger partial charge in [0.15, 0.2) is 0 Å². The van der Waals surface area contributed by atoms with E-state index in [1.165, 1.54) is 31.0 Å². The molecule has 1 aliphatic carbocycles. The number of anilines is 1. The minimum absolute atomic E-state index is 0.0112. The maximum atomic E-state index is 10.9. The molecule has 0 aliphatic heterocycles. The molecule has 0 unspecified atom stereocenters. The molecular weight excluding hydrogens is 258 g/mol. The van der Waals surface area contributed by atoms with Crippen LogP contribution in [0.5, 0.6) is 0 Å². The van der Waals surface area contributed by atoms with E-state index in [-0.39, 0.29) is 5.69 Å². The summed E-state index contributed by atoms with van der Waals surface area (Å²) in [5.74, 6) is 0.747. The first kappa shape index (κ1) is 14.3. The number of nitrogens with zero attached hydrogens (tertiary/aromatic N) is 2. The van der Waals surface area contributed by atoms with Gasteiger partial charge in [-0.3, -0.25) is 10.1 Å². The predicted octanol–water partition coefficient (Wildman–Crippen LogP) is 2.70. The van der Waals surface area contributed by atoms with Crippen molar-refractivity contribution in [2.45, 2.75) is 19.3 Å². The van der Waals surface area contributed by atoms with E-state index in [0.29, 0.717) is 24.4 Å². The molecule has 2 rings (SSSR count). The molecular formula is C14H17N3O3. The molecule has 6 nitrogen and oxygen atoms in total. The van der Waals surface area contributed by atoms with Crippen molar-refractivity contribution in [3.05, 3.63) is 33.9 Å². The third-order valence-electron chi connectivity index (χ3n) is 3.15. The van der Waals surface area contributed by atoms with Crippen LogP contribution in [0.15, 0.2) is 18.2 Å². The smallest absolute Gasteiger partial charge is 0.292 e. The molecule has 6 heteroatoms. The van der Waals surface area contributed by atoms with E-state index in [0.717, 1.165) is 18.9 Å². The average molecular weight is 275 g/mol. The van der Waals surface area contributed by atoms with E-state index in [9.17, 15) is 10.1 Å². The van der Waals surface area contributed by atoms with E-state index in [4.69, 9.17) is 10.00 Å². The van der Waals surface area contributed by atoms with Gasteiger partial charge < -0.3 is 10.1 Å². The normalized spacial score (nSPS) is 13.8. The third-order valence-corrected chi connectivity index (χ3v) is 3.15. The van der Waals surface area contributed by atoms with Gasteiger partial charge in [-0.15, -0.1) is 0 Å². The molecule has 1 aromatic carbocycles. The van der Waals surface area contributed by atoms with Crippen molar-refractivity contribution in [3.8, 4) is 6.07 Å². The van der Waals surface area contributed by atoms with Crippen LogP contribution >= 0.6 is 0 Å². The van der Waals surface area contributed by atoms with Gasteiger partial charge in [0.25, 0.3) is 5.69 Å². The second-order valence-corrected chi connectivity index (χ2v) is 4.90. The highest BCUT2D eigenvalue weighted by Gasteiger charge is 2.20. The highest BCUT2D eigenvalue weighted by molar-refractivity contribution is 5.64. The number of nitriles is 1. The molecule has 106 valence electrons. The maximum Gasteiger partial charge on any atom is 0.292 e. The van der Waals surface area contributed by atoms with Crippen LogP contribution in [-0.4, -0.2) is 24.7 Å². The van der Waals surface area contributed by atoms with E-state index in [2.05, 4.69) is 5.32 Å². The summed E-state index contributed by atoms with van der Waals surface area (Å²) in [5, 5.41) is 22.7. The summed E-state index contributed by atoms with van der Waals surface area (Å²) < 4.78 is 5.49. The summed E-state index contributed by atoms with van der Waals surface area (Å²) in [6.45, 7) is 2.06. The number of rotatable bonds is 8. The average Bonchev–Trinajstić information content (AvgIpc) is 3.26. The van der Waals surface area contributed by atoms with Gasteiger partial charge in [0.05, 0.1) is 16.6 Å². The van der Waals surface area contributed by atoms with Crippen LogP contribution in [0, 0.1) is 27.4 Å². The molecule has 0 bridgehead atoms. The fourth-order valence-corrected chi connectivity index (χ4v) is 1.84. The van der Waals surface area contributed by atoms with E-state index in [1.54, 1.807) is 0 Å². The standard InChI is InChI=1S/C14H17N3O3/c15-9-12-4-5-14(17(18)19)13(8-12)16-6-1-7-20-10-11-2-3-11/h4-5,8,11,16H,1-3,6-7,10H2.